The molecule has 4 heteroatoms. The van der Waals surface area contributed by atoms with Gasteiger partial charge in [0, 0.05) is 11.0 Å². The largest absolute Gasteiger partial charge is 0.508 e. The van der Waals surface area contributed by atoms with Crippen LogP contribution in [0.1, 0.15) is 51.3 Å². The molecular weight excluding hydrogens is 327 g/mol. The highest BCUT2D eigenvalue weighted by Gasteiger charge is 2.30. The van der Waals surface area contributed by atoms with E-state index in [1.165, 1.54) is 12.1 Å². The molecule has 0 saturated heterocycles. The minimum atomic E-state index is -0.686. The first-order valence-corrected chi connectivity index (χ1v) is 8.31. The minimum Gasteiger partial charge on any atom is -0.508 e. The smallest absolute Gasteiger partial charge is 0.149 e. The minimum absolute atomic E-state index is 0.0122. The number of benzene rings is 2. The highest BCUT2D eigenvalue weighted by atomic mass is 35.5. The summed E-state index contributed by atoms with van der Waals surface area (Å²) in [4.78, 5) is 0. The third kappa shape index (κ3) is 3.67. The summed E-state index contributed by atoms with van der Waals surface area (Å²) in [6, 6.07) is 8.29. The topological polar surface area (TPSA) is 40.5 Å². The molecule has 0 saturated carbocycles. The molecule has 0 unspecified atom stereocenters. The number of rotatable bonds is 3. The molecule has 0 bridgehead atoms. The Morgan fingerprint density at radius 1 is 0.958 bits per heavy atom. The van der Waals surface area contributed by atoms with E-state index >= 15 is 0 Å². The van der Waals surface area contributed by atoms with Crippen molar-refractivity contribution in [2.75, 3.05) is 0 Å². The Balaban J connectivity index is 2.40. The van der Waals surface area contributed by atoms with Crippen molar-refractivity contribution in [2.45, 2.75) is 51.9 Å². The summed E-state index contributed by atoms with van der Waals surface area (Å²) >= 11 is 5.86. The van der Waals surface area contributed by atoms with Crippen molar-refractivity contribution in [1.82, 2.24) is 0 Å². The molecule has 2 rings (SSSR count). The van der Waals surface area contributed by atoms with Gasteiger partial charge in [0.2, 0.25) is 0 Å². The lowest BCUT2D eigenvalue weighted by Gasteiger charge is -2.28. The van der Waals surface area contributed by atoms with Crippen LogP contribution in [0.15, 0.2) is 30.3 Å². The Kier molecular flexibility index (Phi) is 4.87. The first-order chi connectivity index (χ1) is 10.9. The first kappa shape index (κ1) is 18.6. The predicted molar refractivity (Wildman–Crippen MR) is 96.6 cm³/mol. The summed E-state index contributed by atoms with van der Waals surface area (Å²) in [6.07, 6.45) is 0.454. The average Bonchev–Trinajstić information content (AvgIpc) is 2.41. The molecule has 2 aromatic carbocycles. The van der Waals surface area contributed by atoms with E-state index in [0.717, 1.165) is 11.1 Å². The fourth-order valence-corrected chi connectivity index (χ4v) is 3.26. The van der Waals surface area contributed by atoms with Crippen LogP contribution in [0.5, 0.6) is 11.5 Å². The van der Waals surface area contributed by atoms with E-state index in [4.69, 9.17) is 11.6 Å². The second-order valence-corrected chi connectivity index (χ2v) is 8.32. The third-order valence-corrected chi connectivity index (χ3v) is 4.56. The summed E-state index contributed by atoms with van der Waals surface area (Å²) in [5.41, 5.74) is 1.07. The first-order valence-electron chi connectivity index (χ1n) is 7.93. The van der Waals surface area contributed by atoms with E-state index in [0.29, 0.717) is 6.42 Å². The summed E-state index contributed by atoms with van der Waals surface area (Å²) in [7, 11) is 0. The van der Waals surface area contributed by atoms with Gasteiger partial charge in [-0.15, -0.1) is 0 Å². The quantitative estimate of drug-likeness (QED) is 0.744. The van der Waals surface area contributed by atoms with Crippen LogP contribution < -0.4 is 0 Å². The second-order valence-electron chi connectivity index (χ2n) is 7.92. The number of hydrogen-bond donors (Lipinski definition) is 2. The van der Waals surface area contributed by atoms with Crippen LogP contribution in [0.25, 0.3) is 0 Å². The van der Waals surface area contributed by atoms with Crippen LogP contribution in [0.2, 0.25) is 5.02 Å². The number of aromatic hydroxyl groups is 2. The van der Waals surface area contributed by atoms with Crippen LogP contribution in [0.4, 0.5) is 4.39 Å². The van der Waals surface area contributed by atoms with E-state index in [-0.39, 0.29) is 27.5 Å². The van der Waals surface area contributed by atoms with Gasteiger partial charge in [0.15, 0.2) is 0 Å². The lowest BCUT2D eigenvalue weighted by Crippen LogP contribution is -2.23. The van der Waals surface area contributed by atoms with Gasteiger partial charge >= 0.3 is 0 Å². The molecular formula is C20H24ClFO2. The average molecular weight is 351 g/mol. The van der Waals surface area contributed by atoms with Gasteiger partial charge in [-0.05, 0) is 41.2 Å². The lowest BCUT2D eigenvalue weighted by atomic mass is 9.77. The Hall–Kier alpha value is -1.74. The number of halogens is 2. The van der Waals surface area contributed by atoms with Gasteiger partial charge < -0.3 is 10.2 Å². The summed E-state index contributed by atoms with van der Waals surface area (Å²) in [5, 5.41) is 20.4. The highest BCUT2D eigenvalue weighted by Crippen LogP contribution is 2.39. The molecule has 0 spiro atoms. The molecule has 130 valence electrons. The SMILES string of the molecule is CC(C)(C)c1ccc(CC(C)(C)c2c(O)ccc(Cl)c2F)cc1O. The van der Waals surface area contributed by atoms with Gasteiger partial charge in [-0.3, -0.25) is 0 Å². The van der Waals surface area contributed by atoms with Crippen LogP contribution in [-0.4, -0.2) is 10.2 Å². The molecule has 2 nitrogen and oxygen atoms in total. The van der Waals surface area contributed by atoms with E-state index in [1.807, 2.05) is 46.8 Å². The summed E-state index contributed by atoms with van der Waals surface area (Å²) < 4.78 is 14.4. The molecule has 0 fully saturated rings. The molecule has 0 aliphatic rings. The van der Waals surface area contributed by atoms with Crippen LogP contribution in [0.3, 0.4) is 0 Å². The van der Waals surface area contributed by atoms with Crippen molar-refractivity contribution >= 4 is 11.6 Å². The predicted octanol–water partition coefficient (Wildman–Crippen LogP) is 5.71. The van der Waals surface area contributed by atoms with Crippen LogP contribution in [-0.2, 0) is 17.3 Å². The van der Waals surface area contributed by atoms with Crippen molar-refractivity contribution in [3.05, 3.63) is 57.9 Å². The van der Waals surface area contributed by atoms with Crippen molar-refractivity contribution in [3.63, 3.8) is 0 Å². The molecule has 0 heterocycles. The van der Waals surface area contributed by atoms with Crippen molar-refractivity contribution in [1.29, 1.82) is 0 Å². The Labute approximate surface area is 147 Å². The second kappa shape index (κ2) is 6.29. The maximum absolute atomic E-state index is 14.4. The maximum Gasteiger partial charge on any atom is 0.149 e. The van der Waals surface area contributed by atoms with Gasteiger partial charge in [-0.1, -0.05) is 58.4 Å². The molecule has 0 aliphatic carbocycles. The third-order valence-electron chi connectivity index (χ3n) is 4.27. The highest BCUT2D eigenvalue weighted by molar-refractivity contribution is 6.30. The fraction of sp³-hybridized carbons (Fsp3) is 0.400. The molecule has 0 amide bonds. The summed E-state index contributed by atoms with van der Waals surface area (Å²) in [5.74, 6) is -0.485. The number of phenolic OH excluding ortho intramolecular Hbond substituents is 2. The van der Waals surface area contributed by atoms with Gasteiger partial charge in [0.25, 0.3) is 0 Å². The normalized spacial score (nSPS) is 12.5. The molecule has 2 N–H and O–H groups in total. The van der Waals surface area contributed by atoms with E-state index in [2.05, 4.69) is 0 Å². The van der Waals surface area contributed by atoms with E-state index in [9.17, 15) is 14.6 Å². The Morgan fingerprint density at radius 3 is 2.12 bits per heavy atom. The molecule has 2 aromatic rings. The number of phenols is 2. The van der Waals surface area contributed by atoms with E-state index in [1.54, 1.807) is 6.07 Å². The molecule has 0 aliphatic heterocycles. The Morgan fingerprint density at radius 2 is 1.58 bits per heavy atom. The number of hydrogen-bond acceptors (Lipinski definition) is 2. The van der Waals surface area contributed by atoms with Crippen molar-refractivity contribution in [2.24, 2.45) is 0 Å². The zero-order valence-corrected chi connectivity index (χ0v) is 15.5. The van der Waals surface area contributed by atoms with Gasteiger partial charge in [0.1, 0.15) is 17.3 Å². The standard InChI is InChI=1S/C20H24ClFO2/c1-19(2,3)13-7-6-12(10-16(13)24)11-20(4,5)17-15(23)9-8-14(21)18(17)22/h6-10,23-24H,11H2,1-5H3. The van der Waals surface area contributed by atoms with Crippen molar-refractivity contribution in [3.8, 4) is 11.5 Å². The van der Waals surface area contributed by atoms with Gasteiger partial charge in [-0.25, -0.2) is 4.39 Å². The zero-order valence-electron chi connectivity index (χ0n) is 14.7. The van der Waals surface area contributed by atoms with Gasteiger partial charge in [0.05, 0.1) is 5.02 Å². The fourth-order valence-electron chi connectivity index (χ4n) is 3.10. The molecule has 0 aromatic heterocycles. The lowest BCUT2D eigenvalue weighted by molar-refractivity contribution is 0.412. The molecule has 24 heavy (non-hydrogen) atoms. The molecule has 0 atom stereocenters. The monoisotopic (exact) mass is 350 g/mol. The van der Waals surface area contributed by atoms with Crippen molar-refractivity contribution < 1.29 is 14.6 Å². The van der Waals surface area contributed by atoms with Crippen LogP contribution >= 0.6 is 11.6 Å². The zero-order chi connectivity index (χ0) is 18.3. The Bertz CT molecular complexity index is 761. The van der Waals surface area contributed by atoms with Crippen LogP contribution in [0, 0.1) is 5.82 Å². The summed E-state index contributed by atoms with van der Waals surface area (Å²) in [6.45, 7) is 9.79. The maximum atomic E-state index is 14.4. The van der Waals surface area contributed by atoms with Gasteiger partial charge in [-0.2, -0.15) is 0 Å². The molecule has 0 radical (unpaired) electrons. The van der Waals surface area contributed by atoms with E-state index < -0.39 is 11.2 Å².